The number of carbonyl (C=O) groups excluding carboxylic acids is 2. The first-order valence-electron chi connectivity index (χ1n) is 8.06. The summed E-state index contributed by atoms with van der Waals surface area (Å²) in [4.78, 5) is 22.3. The van der Waals surface area contributed by atoms with E-state index in [0.717, 1.165) is 0 Å². The van der Waals surface area contributed by atoms with Crippen LogP contribution in [-0.4, -0.2) is 25.6 Å². The Morgan fingerprint density at radius 1 is 1.15 bits per heavy atom. The Morgan fingerprint density at radius 2 is 1.81 bits per heavy atom. The standard InChI is InChI=1S/C19H19ClFNO5/c1-25-15-4-6-16(7-5-15)26-11-17-12(8-13(21)9-18(17)20)2-3-14(23)10-27-19(22)24/h4-9H,2-3,10-11H2,1H3,(H2,22,24). The maximum Gasteiger partial charge on any atom is 0.404 e. The van der Waals surface area contributed by atoms with Crippen LogP contribution in [0.1, 0.15) is 17.5 Å². The quantitative estimate of drug-likeness (QED) is 0.700. The predicted octanol–water partition coefficient (Wildman–Crippen LogP) is 3.66. The molecule has 0 aliphatic rings. The molecule has 2 rings (SSSR count). The average molecular weight is 396 g/mol. The third kappa shape index (κ3) is 6.45. The van der Waals surface area contributed by atoms with E-state index in [4.69, 9.17) is 26.8 Å². The van der Waals surface area contributed by atoms with E-state index in [0.29, 0.717) is 22.6 Å². The molecule has 0 aromatic heterocycles. The van der Waals surface area contributed by atoms with Crippen molar-refractivity contribution in [1.29, 1.82) is 0 Å². The van der Waals surface area contributed by atoms with Gasteiger partial charge in [0.15, 0.2) is 12.4 Å². The van der Waals surface area contributed by atoms with E-state index in [-0.39, 0.29) is 30.3 Å². The number of primary amides is 1. The van der Waals surface area contributed by atoms with E-state index in [1.165, 1.54) is 12.1 Å². The molecule has 2 aromatic carbocycles. The summed E-state index contributed by atoms with van der Waals surface area (Å²) in [6, 6.07) is 9.47. The summed E-state index contributed by atoms with van der Waals surface area (Å²) in [5.74, 6) is 0.438. The van der Waals surface area contributed by atoms with E-state index in [1.807, 2.05) is 0 Å². The number of methoxy groups -OCH3 is 1. The lowest BCUT2D eigenvalue weighted by molar-refractivity contribution is -0.121. The Morgan fingerprint density at radius 3 is 2.44 bits per heavy atom. The lowest BCUT2D eigenvalue weighted by Crippen LogP contribution is -2.19. The number of ether oxygens (including phenoxy) is 3. The van der Waals surface area contributed by atoms with Gasteiger partial charge in [-0.3, -0.25) is 4.79 Å². The molecule has 8 heteroatoms. The molecule has 1 amide bonds. The van der Waals surface area contributed by atoms with Gasteiger partial charge in [-0.15, -0.1) is 0 Å². The summed E-state index contributed by atoms with van der Waals surface area (Å²) in [6.45, 7) is -0.317. The normalized spacial score (nSPS) is 10.3. The second-order valence-electron chi connectivity index (χ2n) is 5.64. The molecule has 0 aliphatic carbocycles. The van der Waals surface area contributed by atoms with E-state index >= 15 is 0 Å². The number of benzene rings is 2. The Kier molecular flexibility index (Phi) is 7.43. The predicted molar refractivity (Wildman–Crippen MR) is 97.6 cm³/mol. The van der Waals surface area contributed by atoms with Gasteiger partial charge in [0.1, 0.15) is 23.9 Å². The highest BCUT2D eigenvalue weighted by Gasteiger charge is 2.13. The summed E-state index contributed by atoms with van der Waals surface area (Å²) in [5, 5.41) is 0.208. The molecule has 0 aliphatic heterocycles. The van der Waals surface area contributed by atoms with Crippen LogP contribution in [0.15, 0.2) is 36.4 Å². The first-order chi connectivity index (χ1) is 12.9. The number of hydrogen-bond acceptors (Lipinski definition) is 5. The van der Waals surface area contributed by atoms with Gasteiger partial charge in [-0.2, -0.15) is 0 Å². The summed E-state index contributed by atoms with van der Waals surface area (Å²) in [5.41, 5.74) is 5.94. The number of aryl methyl sites for hydroxylation is 1. The molecule has 0 saturated carbocycles. The molecule has 0 bridgehead atoms. The SMILES string of the molecule is COc1ccc(OCc2c(Cl)cc(F)cc2CCC(=O)COC(N)=O)cc1. The van der Waals surface area contributed by atoms with Crippen molar-refractivity contribution in [3.63, 3.8) is 0 Å². The minimum Gasteiger partial charge on any atom is -0.497 e. The Bertz CT molecular complexity index is 810. The average Bonchev–Trinajstić information content (AvgIpc) is 2.64. The number of carbonyl (C=O) groups is 2. The Balaban J connectivity index is 2.06. The molecule has 0 atom stereocenters. The van der Waals surface area contributed by atoms with Crippen LogP contribution in [0.5, 0.6) is 11.5 Å². The van der Waals surface area contributed by atoms with E-state index in [2.05, 4.69) is 4.74 Å². The van der Waals surface area contributed by atoms with E-state index in [9.17, 15) is 14.0 Å². The number of halogens is 2. The third-order valence-corrected chi connectivity index (χ3v) is 4.08. The second-order valence-corrected chi connectivity index (χ2v) is 6.04. The lowest BCUT2D eigenvalue weighted by atomic mass is 10.0. The van der Waals surface area contributed by atoms with E-state index < -0.39 is 18.5 Å². The minimum atomic E-state index is -1.02. The number of amides is 1. The lowest BCUT2D eigenvalue weighted by Gasteiger charge is -2.13. The zero-order valence-electron chi connectivity index (χ0n) is 14.7. The maximum atomic E-state index is 13.7. The van der Waals surface area contributed by atoms with Crippen LogP contribution in [0.4, 0.5) is 9.18 Å². The molecular formula is C19H19ClFNO5. The van der Waals surface area contributed by atoms with E-state index in [1.54, 1.807) is 31.4 Å². The molecule has 6 nitrogen and oxygen atoms in total. The zero-order valence-corrected chi connectivity index (χ0v) is 15.4. The van der Waals surface area contributed by atoms with Crippen LogP contribution < -0.4 is 15.2 Å². The topological polar surface area (TPSA) is 87.8 Å². The van der Waals surface area contributed by atoms with Crippen LogP contribution in [0, 0.1) is 5.82 Å². The smallest absolute Gasteiger partial charge is 0.404 e. The molecule has 27 heavy (non-hydrogen) atoms. The van der Waals surface area contributed by atoms with Gasteiger partial charge in [-0.1, -0.05) is 11.6 Å². The molecule has 2 aromatic rings. The number of nitrogens with two attached hydrogens (primary N) is 1. The number of Topliss-reactive ketones (excluding diaryl/α,β-unsaturated/α-hetero) is 1. The second kappa shape index (κ2) is 9.78. The van der Waals surface area contributed by atoms with Gasteiger partial charge in [-0.25, -0.2) is 9.18 Å². The Labute approximate surface area is 161 Å². The number of rotatable bonds is 9. The fourth-order valence-electron chi connectivity index (χ4n) is 2.37. The molecule has 0 spiro atoms. The Hall–Kier alpha value is -2.80. The fourth-order valence-corrected chi connectivity index (χ4v) is 2.65. The minimum absolute atomic E-state index is 0.0442. The molecule has 2 N–H and O–H groups in total. The van der Waals surface area contributed by atoms with Crippen molar-refractivity contribution in [1.82, 2.24) is 0 Å². The van der Waals surface area contributed by atoms with Gasteiger partial charge in [0, 0.05) is 12.0 Å². The van der Waals surface area contributed by atoms with Crippen molar-refractivity contribution >= 4 is 23.5 Å². The largest absolute Gasteiger partial charge is 0.497 e. The summed E-state index contributed by atoms with van der Waals surface area (Å²) in [7, 11) is 1.57. The van der Waals surface area contributed by atoms with Gasteiger partial charge >= 0.3 is 6.09 Å². The van der Waals surface area contributed by atoms with Crippen molar-refractivity contribution in [2.24, 2.45) is 5.73 Å². The van der Waals surface area contributed by atoms with Crippen molar-refractivity contribution in [3.8, 4) is 11.5 Å². The summed E-state index contributed by atoms with van der Waals surface area (Å²) >= 11 is 6.16. The third-order valence-electron chi connectivity index (χ3n) is 3.74. The van der Waals surface area contributed by atoms with Crippen molar-refractivity contribution in [2.45, 2.75) is 19.4 Å². The molecule has 144 valence electrons. The number of hydrogen-bond donors (Lipinski definition) is 1. The number of ketones is 1. The highest BCUT2D eigenvalue weighted by molar-refractivity contribution is 6.31. The molecule has 0 heterocycles. The molecule has 0 saturated heterocycles. The van der Waals surface area contributed by atoms with Gasteiger partial charge in [-0.05, 0) is 48.4 Å². The van der Waals surface area contributed by atoms with Crippen molar-refractivity contribution < 1.29 is 28.2 Å². The van der Waals surface area contributed by atoms with Crippen molar-refractivity contribution in [2.75, 3.05) is 13.7 Å². The fraction of sp³-hybridized carbons (Fsp3) is 0.263. The molecular weight excluding hydrogens is 377 g/mol. The van der Waals surface area contributed by atoms with Gasteiger partial charge in [0.25, 0.3) is 0 Å². The van der Waals surface area contributed by atoms with Crippen LogP contribution in [0.2, 0.25) is 5.02 Å². The van der Waals surface area contributed by atoms with Gasteiger partial charge in [0.05, 0.1) is 12.1 Å². The van der Waals surface area contributed by atoms with Crippen LogP contribution >= 0.6 is 11.6 Å². The summed E-state index contributed by atoms with van der Waals surface area (Å²) < 4.78 is 29.0. The first-order valence-corrected chi connectivity index (χ1v) is 8.44. The van der Waals surface area contributed by atoms with Crippen LogP contribution in [0.25, 0.3) is 0 Å². The molecule has 0 radical (unpaired) electrons. The maximum absolute atomic E-state index is 13.7. The van der Waals surface area contributed by atoms with Gasteiger partial charge < -0.3 is 19.9 Å². The van der Waals surface area contributed by atoms with Crippen LogP contribution in [0.3, 0.4) is 0 Å². The highest BCUT2D eigenvalue weighted by atomic mass is 35.5. The van der Waals surface area contributed by atoms with Crippen LogP contribution in [-0.2, 0) is 22.6 Å². The monoisotopic (exact) mass is 395 g/mol. The summed E-state index contributed by atoms with van der Waals surface area (Å²) in [6.07, 6.45) is -0.756. The molecule has 0 fully saturated rings. The highest BCUT2D eigenvalue weighted by Crippen LogP contribution is 2.26. The first kappa shape index (κ1) is 20.5. The zero-order chi connectivity index (χ0) is 19.8. The van der Waals surface area contributed by atoms with Gasteiger partial charge in [0.2, 0.25) is 0 Å². The molecule has 0 unspecified atom stereocenters. The van der Waals surface area contributed by atoms with Crippen molar-refractivity contribution in [3.05, 3.63) is 58.4 Å².